The minimum Gasteiger partial charge on any atom is -0.290 e. The lowest BCUT2D eigenvalue weighted by Crippen LogP contribution is -2.61. The number of rotatable bonds is 0. The van der Waals surface area contributed by atoms with Crippen LogP contribution in [-0.2, 0) is 0 Å². The molecule has 0 N–H and O–H groups in total. The van der Waals surface area contributed by atoms with E-state index in [9.17, 15) is 0 Å². The highest BCUT2D eigenvalue weighted by Gasteiger charge is 2.39. The lowest BCUT2D eigenvalue weighted by Gasteiger charge is -2.52. The van der Waals surface area contributed by atoms with Crippen molar-refractivity contribution in [1.29, 1.82) is 0 Å². The lowest BCUT2D eigenvalue weighted by molar-refractivity contribution is -0.0623. The highest BCUT2D eigenvalue weighted by atomic mass is 15.4. The van der Waals surface area contributed by atoms with Gasteiger partial charge in [-0.1, -0.05) is 13.8 Å². The zero-order chi connectivity index (χ0) is 8.77. The molecule has 3 unspecified atom stereocenters. The first-order chi connectivity index (χ1) is 5.59. The minimum atomic E-state index is 0.485. The number of hydrogen-bond acceptors (Lipinski definition) is 2. The number of fused-ring (bicyclic) bond motifs is 2. The molecule has 2 fully saturated rings. The van der Waals surface area contributed by atoms with Gasteiger partial charge in [0.15, 0.2) is 0 Å². The zero-order valence-electron chi connectivity index (χ0n) is 8.51. The summed E-state index contributed by atoms with van der Waals surface area (Å²) in [6.45, 7) is 12.3. The molecule has 2 saturated heterocycles. The third-order valence-electron chi connectivity index (χ3n) is 3.61. The molecule has 12 heavy (non-hydrogen) atoms. The van der Waals surface area contributed by atoms with E-state index in [2.05, 4.69) is 30.6 Å². The Morgan fingerprint density at radius 2 is 2.00 bits per heavy atom. The second-order valence-electron chi connectivity index (χ2n) is 5.02. The summed E-state index contributed by atoms with van der Waals surface area (Å²) >= 11 is 0. The molecule has 3 atom stereocenters. The summed E-state index contributed by atoms with van der Waals surface area (Å²) in [7, 11) is 0. The summed E-state index contributed by atoms with van der Waals surface area (Å²) in [5.74, 6) is 0. The minimum absolute atomic E-state index is 0.485. The third kappa shape index (κ3) is 1.27. The number of hydrogen-bond donors (Lipinski definition) is 0. The molecule has 0 aromatic carbocycles. The fourth-order valence-corrected chi connectivity index (χ4v) is 2.54. The fourth-order valence-electron chi connectivity index (χ4n) is 2.54. The Balaban J connectivity index is 2.14. The van der Waals surface area contributed by atoms with Gasteiger partial charge in [0.1, 0.15) is 0 Å². The van der Waals surface area contributed by atoms with Crippen LogP contribution < -0.4 is 0 Å². The van der Waals surface area contributed by atoms with Crippen molar-refractivity contribution in [2.75, 3.05) is 26.3 Å². The van der Waals surface area contributed by atoms with Crippen molar-refractivity contribution in [1.82, 2.24) is 9.80 Å². The summed E-state index contributed by atoms with van der Waals surface area (Å²) < 4.78 is 0. The van der Waals surface area contributed by atoms with Crippen LogP contribution >= 0.6 is 0 Å². The standard InChI is InChI=1S/C10H20N2/c1-9-10(2,3)7-11-5-4-6-12(9)8-11/h9H,4-8H2,1-3H3. The molecule has 0 radical (unpaired) electrons. The van der Waals surface area contributed by atoms with Gasteiger partial charge in [-0.3, -0.25) is 9.80 Å². The van der Waals surface area contributed by atoms with Crippen molar-refractivity contribution < 1.29 is 0 Å². The van der Waals surface area contributed by atoms with Gasteiger partial charge in [0.05, 0.1) is 6.67 Å². The van der Waals surface area contributed by atoms with Crippen molar-refractivity contribution in [3.05, 3.63) is 0 Å². The van der Waals surface area contributed by atoms with E-state index in [4.69, 9.17) is 0 Å². The molecule has 0 amide bonds. The van der Waals surface area contributed by atoms with Gasteiger partial charge in [-0.2, -0.15) is 0 Å². The molecular weight excluding hydrogens is 148 g/mol. The van der Waals surface area contributed by atoms with Crippen LogP contribution in [0.1, 0.15) is 27.2 Å². The molecule has 0 aromatic rings. The van der Waals surface area contributed by atoms with E-state index in [1.807, 2.05) is 0 Å². The van der Waals surface area contributed by atoms with Gasteiger partial charge in [0.25, 0.3) is 0 Å². The highest BCUT2D eigenvalue weighted by Crippen LogP contribution is 2.32. The predicted octanol–water partition coefficient (Wildman–Crippen LogP) is 1.38. The maximum Gasteiger partial charge on any atom is 0.0509 e. The van der Waals surface area contributed by atoms with Gasteiger partial charge in [-0.25, -0.2) is 0 Å². The molecule has 0 saturated carbocycles. The molecule has 0 aromatic heterocycles. The van der Waals surface area contributed by atoms with Crippen LogP contribution in [0.3, 0.4) is 0 Å². The van der Waals surface area contributed by atoms with Crippen LogP contribution in [0.15, 0.2) is 0 Å². The topological polar surface area (TPSA) is 6.48 Å². The molecule has 2 heterocycles. The summed E-state index contributed by atoms with van der Waals surface area (Å²) in [6.07, 6.45) is 1.36. The van der Waals surface area contributed by atoms with Crippen molar-refractivity contribution in [2.45, 2.75) is 33.2 Å². The van der Waals surface area contributed by atoms with Crippen molar-refractivity contribution in [3.63, 3.8) is 0 Å². The smallest absolute Gasteiger partial charge is 0.0509 e. The van der Waals surface area contributed by atoms with E-state index in [1.54, 1.807) is 0 Å². The maximum absolute atomic E-state index is 2.62. The molecule has 2 nitrogen and oxygen atoms in total. The summed E-state index contributed by atoms with van der Waals surface area (Å²) in [5, 5.41) is 0. The van der Waals surface area contributed by atoms with E-state index >= 15 is 0 Å². The van der Waals surface area contributed by atoms with Crippen molar-refractivity contribution >= 4 is 0 Å². The molecule has 0 spiro atoms. The monoisotopic (exact) mass is 168 g/mol. The van der Waals surface area contributed by atoms with Gasteiger partial charge < -0.3 is 0 Å². The summed E-state index contributed by atoms with van der Waals surface area (Å²) in [4.78, 5) is 5.20. The summed E-state index contributed by atoms with van der Waals surface area (Å²) in [6, 6.07) is 0.758. The average molecular weight is 168 g/mol. The molecule has 2 aliphatic heterocycles. The molecule has 2 rings (SSSR count). The molecule has 2 aliphatic rings. The normalized spacial score (nSPS) is 45.8. The Morgan fingerprint density at radius 3 is 2.75 bits per heavy atom. The van der Waals surface area contributed by atoms with E-state index in [0.717, 1.165) is 6.04 Å². The van der Waals surface area contributed by atoms with Crippen LogP contribution in [0.5, 0.6) is 0 Å². The third-order valence-corrected chi connectivity index (χ3v) is 3.61. The number of nitrogens with zero attached hydrogens (tertiary/aromatic N) is 2. The molecular formula is C10H20N2. The Labute approximate surface area is 75.5 Å². The van der Waals surface area contributed by atoms with Gasteiger partial charge in [-0.15, -0.1) is 0 Å². The molecule has 2 heteroatoms. The van der Waals surface area contributed by atoms with Crippen molar-refractivity contribution in [3.8, 4) is 0 Å². The van der Waals surface area contributed by atoms with Crippen LogP contribution in [0.2, 0.25) is 0 Å². The zero-order valence-corrected chi connectivity index (χ0v) is 8.51. The first-order valence-electron chi connectivity index (χ1n) is 5.06. The van der Waals surface area contributed by atoms with Gasteiger partial charge >= 0.3 is 0 Å². The van der Waals surface area contributed by atoms with Gasteiger partial charge in [-0.05, 0) is 18.8 Å². The largest absolute Gasteiger partial charge is 0.290 e. The van der Waals surface area contributed by atoms with E-state index in [-0.39, 0.29) is 0 Å². The highest BCUT2D eigenvalue weighted by molar-refractivity contribution is 4.92. The van der Waals surface area contributed by atoms with Crippen LogP contribution in [-0.4, -0.2) is 42.1 Å². The van der Waals surface area contributed by atoms with Crippen molar-refractivity contribution in [2.24, 2.45) is 5.41 Å². The van der Waals surface area contributed by atoms with Crippen LogP contribution in [0.25, 0.3) is 0 Å². The van der Waals surface area contributed by atoms with Gasteiger partial charge in [0, 0.05) is 25.7 Å². The molecule has 2 bridgehead atoms. The SMILES string of the molecule is CC1N2CCCN(C2)CC1(C)C. The Bertz CT molecular complexity index is 177. The summed E-state index contributed by atoms with van der Waals surface area (Å²) in [5.41, 5.74) is 0.485. The molecule has 0 aliphatic carbocycles. The first-order valence-corrected chi connectivity index (χ1v) is 5.06. The quantitative estimate of drug-likeness (QED) is 0.539. The molecule has 70 valence electrons. The fraction of sp³-hybridized carbons (Fsp3) is 1.00. The van der Waals surface area contributed by atoms with Crippen LogP contribution in [0, 0.1) is 5.41 Å². The Hall–Kier alpha value is -0.0800. The predicted molar refractivity (Wildman–Crippen MR) is 51.0 cm³/mol. The van der Waals surface area contributed by atoms with E-state index in [0.29, 0.717) is 5.41 Å². The Morgan fingerprint density at radius 1 is 1.25 bits per heavy atom. The second-order valence-corrected chi connectivity index (χ2v) is 5.02. The van der Waals surface area contributed by atoms with E-state index < -0.39 is 0 Å². The maximum atomic E-state index is 2.62. The lowest BCUT2D eigenvalue weighted by atomic mass is 9.81. The van der Waals surface area contributed by atoms with Crippen LogP contribution in [0.4, 0.5) is 0 Å². The second kappa shape index (κ2) is 2.71. The first kappa shape index (κ1) is 8.52. The average Bonchev–Trinajstić information content (AvgIpc) is 2.01. The van der Waals surface area contributed by atoms with Gasteiger partial charge in [0.2, 0.25) is 0 Å². The van der Waals surface area contributed by atoms with E-state index in [1.165, 1.54) is 32.7 Å². The Kier molecular flexibility index (Phi) is 1.92.